The number of aliphatic hydroxyl groups excluding tert-OH is 1. The SMILES string of the molecule is CC(=O)[C@@]1(O)CC[C@@H]2[C@@H]3C[C@H](O)[C@H]4CC(=O)CC[C@]4(C)[C@@H]3CC[C@@]21C. The van der Waals surface area contributed by atoms with Crippen LogP contribution in [0.1, 0.15) is 72.1 Å². The van der Waals surface area contributed by atoms with Gasteiger partial charge in [0.15, 0.2) is 5.78 Å². The molecule has 4 heteroatoms. The average Bonchev–Trinajstić information content (AvgIpc) is 2.83. The van der Waals surface area contributed by atoms with Gasteiger partial charge in [-0.2, -0.15) is 0 Å². The van der Waals surface area contributed by atoms with E-state index in [0.717, 1.165) is 32.1 Å². The van der Waals surface area contributed by atoms with Crippen molar-refractivity contribution in [2.45, 2.75) is 83.8 Å². The molecule has 0 unspecified atom stereocenters. The van der Waals surface area contributed by atoms with Gasteiger partial charge < -0.3 is 10.2 Å². The summed E-state index contributed by atoms with van der Waals surface area (Å²) in [5, 5.41) is 22.0. The van der Waals surface area contributed by atoms with Gasteiger partial charge in [0, 0.05) is 18.3 Å². The Hall–Kier alpha value is -0.740. The van der Waals surface area contributed by atoms with Crippen molar-refractivity contribution >= 4 is 11.6 Å². The zero-order valence-corrected chi connectivity index (χ0v) is 15.8. The predicted octanol–water partition coefficient (Wildman–Crippen LogP) is 2.89. The van der Waals surface area contributed by atoms with E-state index in [4.69, 9.17) is 0 Å². The molecule has 140 valence electrons. The highest BCUT2D eigenvalue weighted by molar-refractivity contribution is 5.86. The Morgan fingerprint density at radius 1 is 1.08 bits per heavy atom. The van der Waals surface area contributed by atoms with Crippen LogP contribution in [-0.2, 0) is 9.59 Å². The van der Waals surface area contributed by atoms with Gasteiger partial charge in [-0.05, 0) is 74.5 Å². The lowest BCUT2D eigenvalue weighted by molar-refractivity contribution is -0.184. The molecule has 25 heavy (non-hydrogen) atoms. The van der Waals surface area contributed by atoms with E-state index < -0.39 is 11.7 Å². The van der Waals surface area contributed by atoms with E-state index >= 15 is 0 Å². The lowest BCUT2D eigenvalue weighted by atomic mass is 9.43. The molecule has 0 heterocycles. The largest absolute Gasteiger partial charge is 0.393 e. The molecule has 0 aromatic carbocycles. The number of carbonyl (C=O) groups excluding carboxylic acids is 2. The lowest BCUT2D eigenvalue weighted by Gasteiger charge is -2.61. The predicted molar refractivity (Wildman–Crippen MR) is 93.8 cm³/mol. The molecule has 4 saturated carbocycles. The molecule has 4 aliphatic rings. The Balaban J connectivity index is 1.69. The number of fused-ring (bicyclic) bond motifs is 5. The molecule has 0 saturated heterocycles. The summed E-state index contributed by atoms with van der Waals surface area (Å²) >= 11 is 0. The van der Waals surface area contributed by atoms with Crippen molar-refractivity contribution in [1.29, 1.82) is 0 Å². The molecule has 0 aromatic rings. The van der Waals surface area contributed by atoms with Crippen LogP contribution in [0.5, 0.6) is 0 Å². The van der Waals surface area contributed by atoms with Crippen molar-refractivity contribution in [1.82, 2.24) is 0 Å². The molecule has 2 N–H and O–H groups in total. The molecule has 4 rings (SSSR count). The number of hydrogen-bond acceptors (Lipinski definition) is 4. The summed E-state index contributed by atoms with van der Waals surface area (Å²) in [7, 11) is 0. The minimum atomic E-state index is -1.20. The number of carbonyl (C=O) groups is 2. The van der Waals surface area contributed by atoms with Gasteiger partial charge in [0.25, 0.3) is 0 Å². The minimum Gasteiger partial charge on any atom is -0.393 e. The molecule has 0 aliphatic heterocycles. The van der Waals surface area contributed by atoms with Crippen molar-refractivity contribution in [2.24, 2.45) is 34.5 Å². The third-order valence-corrected chi connectivity index (χ3v) is 9.23. The summed E-state index contributed by atoms with van der Waals surface area (Å²) in [6.07, 6.45) is 5.66. The second-order valence-electron chi connectivity index (χ2n) is 9.95. The maximum Gasteiger partial charge on any atom is 0.161 e. The smallest absolute Gasteiger partial charge is 0.161 e. The Morgan fingerprint density at radius 3 is 2.44 bits per heavy atom. The van der Waals surface area contributed by atoms with E-state index in [1.54, 1.807) is 0 Å². The summed E-state index contributed by atoms with van der Waals surface area (Å²) < 4.78 is 0. The summed E-state index contributed by atoms with van der Waals surface area (Å²) in [6.45, 7) is 5.92. The number of ketones is 2. The Labute approximate surface area is 150 Å². The van der Waals surface area contributed by atoms with E-state index in [2.05, 4.69) is 13.8 Å². The van der Waals surface area contributed by atoms with Crippen LogP contribution in [0.25, 0.3) is 0 Å². The van der Waals surface area contributed by atoms with Crippen LogP contribution in [0.15, 0.2) is 0 Å². The molecule has 0 radical (unpaired) electrons. The average molecular weight is 348 g/mol. The maximum absolute atomic E-state index is 12.2. The molecule has 4 aliphatic carbocycles. The second-order valence-corrected chi connectivity index (χ2v) is 9.95. The standard InChI is InChI=1S/C21H32O4/c1-12(22)21(25)9-6-16-14-11-18(24)17-10-13(23)4-7-19(17,2)15(14)5-8-20(16,21)3/h14-18,24-25H,4-11H2,1-3H3/t14-,15-,16-,17-,18+,19-,20+,21+/m1/s1. The molecular weight excluding hydrogens is 316 g/mol. The highest BCUT2D eigenvalue weighted by Gasteiger charge is 2.67. The molecule has 4 nitrogen and oxygen atoms in total. The summed E-state index contributed by atoms with van der Waals surface area (Å²) in [5.74, 6) is 1.45. The molecule has 0 bridgehead atoms. The van der Waals surface area contributed by atoms with Crippen LogP contribution < -0.4 is 0 Å². The van der Waals surface area contributed by atoms with Crippen molar-refractivity contribution in [3.8, 4) is 0 Å². The highest BCUT2D eigenvalue weighted by atomic mass is 16.3. The summed E-state index contributed by atoms with van der Waals surface area (Å²) in [5.41, 5.74) is -1.55. The molecular formula is C21H32O4. The van der Waals surface area contributed by atoms with Gasteiger partial charge in [-0.3, -0.25) is 9.59 Å². The summed E-state index contributed by atoms with van der Waals surface area (Å²) in [6, 6.07) is 0. The topological polar surface area (TPSA) is 74.6 Å². The fourth-order valence-electron chi connectivity index (χ4n) is 7.68. The van der Waals surface area contributed by atoms with Gasteiger partial charge in [0.2, 0.25) is 0 Å². The van der Waals surface area contributed by atoms with Gasteiger partial charge in [0.05, 0.1) is 6.10 Å². The monoisotopic (exact) mass is 348 g/mol. The third kappa shape index (κ3) is 2.13. The first kappa shape index (κ1) is 17.7. The molecule has 4 fully saturated rings. The fourth-order valence-corrected chi connectivity index (χ4v) is 7.68. The molecule has 0 spiro atoms. The van der Waals surface area contributed by atoms with Crippen LogP contribution in [0, 0.1) is 34.5 Å². The van der Waals surface area contributed by atoms with Crippen molar-refractivity contribution in [3.63, 3.8) is 0 Å². The first-order valence-corrected chi connectivity index (χ1v) is 10.1. The van der Waals surface area contributed by atoms with Crippen LogP contribution in [0.3, 0.4) is 0 Å². The molecule has 0 aromatic heterocycles. The van der Waals surface area contributed by atoms with Crippen molar-refractivity contribution < 1.29 is 19.8 Å². The van der Waals surface area contributed by atoms with Gasteiger partial charge in [-0.15, -0.1) is 0 Å². The van der Waals surface area contributed by atoms with E-state index in [1.807, 2.05) is 0 Å². The lowest BCUT2D eigenvalue weighted by Crippen LogP contribution is -2.60. The van der Waals surface area contributed by atoms with E-state index in [1.165, 1.54) is 6.92 Å². The minimum absolute atomic E-state index is 0.0223. The zero-order chi connectivity index (χ0) is 18.2. The second kappa shape index (κ2) is 5.39. The van der Waals surface area contributed by atoms with E-state index in [9.17, 15) is 19.8 Å². The summed E-state index contributed by atoms with van der Waals surface area (Å²) in [4.78, 5) is 24.2. The fraction of sp³-hybridized carbons (Fsp3) is 0.905. The van der Waals surface area contributed by atoms with E-state index in [0.29, 0.717) is 42.8 Å². The quantitative estimate of drug-likeness (QED) is 0.764. The number of aliphatic hydroxyl groups is 2. The Kier molecular flexibility index (Phi) is 3.81. The van der Waals surface area contributed by atoms with E-state index in [-0.39, 0.29) is 22.5 Å². The van der Waals surface area contributed by atoms with Crippen molar-refractivity contribution in [2.75, 3.05) is 0 Å². The van der Waals surface area contributed by atoms with Gasteiger partial charge >= 0.3 is 0 Å². The highest BCUT2D eigenvalue weighted by Crippen LogP contribution is 2.68. The van der Waals surface area contributed by atoms with Gasteiger partial charge in [-0.1, -0.05) is 13.8 Å². The number of Topliss-reactive ketones (excluding diaryl/α,β-unsaturated/α-hetero) is 2. The Morgan fingerprint density at radius 2 is 1.76 bits per heavy atom. The third-order valence-electron chi connectivity index (χ3n) is 9.23. The van der Waals surface area contributed by atoms with Crippen LogP contribution in [0.2, 0.25) is 0 Å². The van der Waals surface area contributed by atoms with Gasteiger partial charge in [0.1, 0.15) is 11.4 Å². The normalized spacial score (nSPS) is 55.2. The van der Waals surface area contributed by atoms with Gasteiger partial charge in [-0.25, -0.2) is 0 Å². The number of rotatable bonds is 1. The first-order valence-electron chi connectivity index (χ1n) is 10.1. The van der Waals surface area contributed by atoms with Crippen LogP contribution in [0.4, 0.5) is 0 Å². The van der Waals surface area contributed by atoms with Crippen LogP contribution >= 0.6 is 0 Å². The molecule has 8 atom stereocenters. The molecule has 0 amide bonds. The first-order chi connectivity index (χ1) is 11.6. The van der Waals surface area contributed by atoms with Crippen LogP contribution in [-0.4, -0.2) is 33.5 Å². The Bertz CT molecular complexity index is 615. The number of hydrogen-bond donors (Lipinski definition) is 2. The maximum atomic E-state index is 12.2. The zero-order valence-electron chi connectivity index (χ0n) is 15.8. The van der Waals surface area contributed by atoms with Crippen molar-refractivity contribution in [3.05, 3.63) is 0 Å².